The predicted octanol–water partition coefficient (Wildman–Crippen LogP) is 0.202. The molecule has 0 aliphatic carbocycles. The summed E-state index contributed by atoms with van der Waals surface area (Å²) in [7, 11) is 1.76. The highest BCUT2D eigenvalue weighted by atomic mass is 15.6. The Labute approximate surface area is 106 Å². The first-order valence-electron chi connectivity index (χ1n) is 5.95. The van der Waals surface area contributed by atoms with Crippen molar-refractivity contribution in [3.05, 3.63) is 29.6 Å². The van der Waals surface area contributed by atoms with E-state index in [4.69, 9.17) is 0 Å². The predicted molar refractivity (Wildman–Crippen MR) is 65.7 cm³/mol. The van der Waals surface area contributed by atoms with E-state index in [1.165, 1.54) is 4.80 Å². The summed E-state index contributed by atoms with van der Waals surface area (Å²) in [5, 5.41) is 15.4. The van der Waals surface area contributed by atoms with Crippen LogP contribution in [0, 0.1) is 6.92 Å². The van der Waals surface area contributed by atoms with Crippen LogP contribution in [0.1, 0.15) is 30.3 Å². The maximum absolute atomic E-state index is 4.44. The van der Waals surface area contributed by atoms with E-state index < -0.39 is 0 Å². The number of tetrazole rings is 1. The molecule has 0 fully saturated rings. The van der Waals surface area contributed by atoms with Crippen molar-refractivity contribution >= 4 is 0 Å². The van der Waals surface area contributed by atoms with Gasteiger partial charge >= 0.3 is 0 Å². The van der Waals surface area contributed by atoms with E-state index in [0.717, 1.165) is 18.1 Å². The Hall–Kier alpha value is -1.89. The monoisotopic (exact) mass is 247 g/mol. The Morgan fingerprint density at radius 2 is 2.28 bits per heavy atom. The molecule has 1 atom stereocenters. The molecule has 0 saturated heterocycles. The maximum Gasteiger partial charge on any atom is 0.176 e. The van der Waals surface area contributed by atoms with Crippen molar-refractivity contribution in [2.24, 2.45) is 7.05 Å². The Morgan fingerprint density at radius 1 is 1.44 bits per heavy atom. The number of aryl methyl sites for hydroxylation is 2. The second kappa shape index (κ2) is 5.63. The van der Waals surface area contributed by atoms with Gasteiger partial charge in [0.25, 0.3) is 0 Å². The third-order valence-corrected chi connectivity index (χ3v) is 2.54. The second-order valence-corrected chi connectivity index (χ2v) is 4.04. The smallest absolute Gasteiger partial charge is 0.176 e. The van der Waals surface area contributed by atoms with Crippen molar-refractivity contribution in [2.45, 2.75) is 26.3 Å². The van der Waals surface area contributed by atoms with Crippen molar-refractivity contribution in [1.29, 1.82) is 0 Å². The molecule has 0 aliphatic rings. The zero-order chi connectivity index (χ0) is 13.0. The van der Waals surface area contributed by atoms with Crippen molar-refractivity contribution in [2.75, 3.05) is 6.54 Å². The molecule has 1 unspecified atom stereocenters. The number of likely N-dealkylation sites (N-methyl/N-ethyl adjacent to an activating group) is 1. The van der Waals surface area contributed by atoms with Gasteiger partial charge in [-0.3, -0.25) is 0 Å². The molecule has 7 nitrogen and oxygen atoms in total. The van der Waals surface area contributed by atoms with Crippen LogP contribution in [-0.2, 0) is 13.5 Å². The third kappa shape index (κ3) is 3.07. The van der Waals surface area contributed by atoms with Gasteiger partial charge in [-0.2, -0.15) is 4.80 Å². The van der Waals surface area contributed by atoms with E-state index in [9.17, 15) is 0 Å². The van der Waals surface area contributed by atoms with E-state index in [-0.39, 0.29) is 6.04 Å². The van der Waals surface area contributed by atoms with E-state index in [1.54, 1.807) is 13.2 Å². The van der Waals surface area contributed by atoms with Crippen molar-refractivity contribution in [3.63, 3.8) is 0 Å². The van der Waals surface area contributed by atoms with Gasteiger partial charge in [-0.05, 0) is 24.7 Å². The minimum Gasteiger partial charge on any atom is -0.309 e. The van der Waals surface area contributed by atoms with E-state index in [1.807, 2.05) is 13.0 Å². The Balaban J connectivity index is 2.17. The van der Waals surface area contributed by atoms with Gasteiger partial charge in [0.15, 0.2) is 5.82 Å². The van der Waals surface area contributed by atoms with Gasteiger partial charge in [-0.1, -0.05) is 6.92 Å². The molecule has 0 radical (unpaired) electrons. The quantitative estimate of drug-likeness (QED) is 0.813. The van der Waals surface area contributed by atoms with Crippen LogP contribution >= 0.6 is 0 Å². The summed E-state index contributed by atoms with van der Waals surface area (Å²) in [6.07, 6.45) is 2.43. The van der Waals surface area contributed by atoms with E-state index in [0.29, 0.717) is 12.2 Å². The number of aromatic nitrogens is 6. The van der Waals surface area contributed by atoms with Crippen LogP contribution < -0.4 is 5.32 Å². The fourth-order valence-corrected chi connectivity index (χ4v) is 1.78. The van der Waals surface area contributed by atoms with Crippen LogP contribution in [0.2, 0.25) is 0 Å². The Kier molecular flexibility index (Phi) is 3.93. The summed E-state index contributed by atoms with van der Waals surface area (Å²) in [5.41, 5.74) is 0.955. The van der Waals surface area contributed by atoms with Gasteiger partial charge in [0.1, 0.15) is 5.82 Å². The lowest BCUT2D eigenvalue weighted by molar-refractivity contribution is 0.520. The van der Waals surface area contributed by atoms with E-state index in [2.05, 4.69) is 37.6 Å². The van der Waals surface area contributed by atoms with Crippen molar-refractivity contribution in [3.8, 4) is 0 Å². The maximum atomic E-state index is 4.44. The SMILES string of the molecule is CCNC(Cc1nnn(C)n1)c1ccnc(C)n1. The van der Waals surface area contributed by atoms with Crippen LogP contribution in [0.15, 0.2) is 12.3 Å². The third-order valence-electron chi connectivity index (χ3n) is 2.54. The Morgan fingerprint density at radius 3 is 2.89 bits per heavy atom. The number of nitrogens with zero attached hydrogens (tertiary/aromatic N) is 6. The fourth-order valence-electron chi connectivity index (χ4n) is 1.78. The fraction of sp³-hybridized carbons (Fsp3) is 0.545. The number of hydrogen-bond acceptors (Lipinski definition) is 6. The lowest BCUT2D eigenvalue weighted by Crippen LogP contribution is -2.24. The Bertz CT molecular complexity index is 508. The molecular formula is C11H17N7. The van der Waals surface area contributed by atoms with Gasteiger partial charge < -0.3 is 5.32 Å². The van der Waals surface area contributed by atoms with E-state index >= 15 is 0 Å². The first kappa shape index (κ1) is 12.6. The lowest BCUT2D eigenvalue weighted by atomic mass is 10.1. The topological polar surface area (TPSA) is 81.4 Å². The molecule has 96 valence electrons. The first-order chi connectivity index (χ1) is 8.69. The summed E-state index contributed by atoms with van der Waals surface area (Å²) >= 11 is 0. The molecule has 2 heterocycles. The second-order valence-electron chi connectivity index (χ2n) is 4.04. The average Bonchev–Trinajstić information content (AvgIpc) is 2.74. The normalized spacial score (nSPS) is 12.6. The summed E-state index contributed by atoms with van der Waals surface area (Å²) in [4.78, 5) is 10.0. The zero-order valence-corrected chi connectivity index (χ0v) is 10.8. The number of rotatable bonds is 5. The molecule has 2 aromatic heterocycles. The van der Waals surface area contributed by atoms with Crippen LogP contribution in [-0.4, -0.2) is 36.7 Å². The van der Waals surface area contributed by atoms with Crippen molar-refractivity contribution < 1.29 is 0 Å². The van der Waals surface area contributed by atoms with Gasteiger partial charge in [0.05, 0.1) is 18.8 Å². The van der Waals surface area contributed by atoms with Crippen LogP contribution in [0.5, 0.6) is 0 Å². The molecule has 2 rings (SSSR count). The minimum absolute atomic E-state index is 0.0842. The standard InChI is InChI=1S/C11H17N7/c1-4-12-10(7-11-15-17-18(3)16-11)9-5-6-13-8(2)14-9/h5-6,10,12H,4,7H2,1-3H3. The molecule has 0 spiro atoms. The van der Waals surface area contributed by atoms with Gasteiger partial charge in [-0.15, -0.1) is 10.2 Å². The zero-order valence-electron chi connectivity index (χ0n) is 10.8. The summed E-state index contributed by atoms with van der Waals surface area (Å²) in [6.45, 7) is 4.80. The highest BCUT2D eigenvalue weighted by molar-refractivity contribution is 5.09. The van der Waals surface area contributed by atoms with Crippen LogP contribution in [0.25, 0.3) is 0 Å². The minimum atomic E-state index is 0.0842. The molecule has 2 aromatic rings. The van der Waals surface area contributed by atoms with Gasteiger partial charge in [0.2, 0.25) is 0 Å². The number of hydrogen-bond donors (Lipinski definition) is 1. The lowest BCUT2D eigenvalue weighted by Gasteiger charge is -2.15. The largest absolute Gasteiger partial charge is 0.309 e. The first-order valence-corrected chi connectivity index (χ1v) is 5.95. The molecular weight excluding hydrogens is 230 g/mol. The van der Waals surface area contributed by atoms with Gasteiger partial charge in [0, 0.05) is 12.6 Å². The molecule has 18 heavy (non-hydrogen) atoms. The summed E-state index contributed by atoms with van der Waals surface area (Å²) < 4.78 is 0. The molecule has 0 aromatic carbocycles. The molecule has 1 N–H and O–H groups in total. The highest BCUT2D eigenvalue weighted by Crippen LogP contribution is 2.13. The molecule has 0 aliphatic heterocycles. The van der Waals surface area contributed by atoms with Crippen LogP contribution in [0.4, 0.5) is 0 Å². The molecule has 0 amide bonds. The molecule has 0 bridgehead atoms. The molecule has 7 heteroatoms. The summed E-state index contributed by atoms with van der Waals surface area (Å²) in [6, 6.07) is 2.00. The molecule has 0 saturated carbocycles. The number of nitrogens with one attached hydrogen (secondary N) is 1. The summed E-state index contributed by atoms with van der Waals surface area (Å²) in [5.74, 6) is 1.47. The van der Waals surface area contributed by atoms with Crippen LogP contribution in [0.3, 0.4) is 0 Å². The van der Waals surface area contributed by atoms with Gasteiger partial charge in [-0.25, -0.2) is 9.97 Å². The van der Waals surface area contributed by atoms with Crippen molar-refractivity contribution in [1.82, 2.24) is 35.5 Å². The average molecular weight is 247 g/mol. The highest BCUT2D eigenvalue weighted by Gasteiger charge is 2.15.